The highest BCUT2D eigenvalue weighted by Gasteiger charge is 2.26. The van der Waals surface area contributed by atoms with Crippen molar-refractivity contribution in [3.05, 3.63) is 24.3 Å². The van der Waals surface area contributed by atoms with Crippen LogP contribution in [0.15, 0.2) is 24.3 Å². The summed E-state index contributed by atoms with van der Waals surface area (Å²) in [6.45, 7) is 4.28. The van der Waals surface area contributed by atoms with Crippen LogP contribution in [-0.4, -0.2) is 68.3 Å². The van der Waals surface area contributed by atoms with Gasteiger partial charge in [-0.3, -0.25) is 18.6 Å². The summed E-state index contributed by atoms with van der Waals surface area (Å²) in [6, 6.07) is 0. The molecule has 2 unspecified atom stereocenters. The molecule has 0 fully saturated rings. The maximum absolute atomic E-state index is 12.6. The van der Waals surface area contributed by atoms with E-state index in [0.29, 0.717) is 13.0 Å². The normalized spacial score (nSPS) is 13.7. The zero-order valence-corrected chi connectivity index (χ0v) is 34.2. The van der Waals surface area contributed by atoms with Gasteiger partial charge in [-0.05, 0) is 78.3 Å². The van der Waals surface area contributed by atoms with Gasteiger partial charge in [-0.2, -0.15) is 0 Å². The van der Waals surface area contributed by atoms with Gasteiger partial charge in [-0.1, -0.05) is 128 Å². The fourth-order valence-electron chi connectivity index (χ4n) is 5.50. The molecule has 0 heterocycles. The highest BCUT2D eigenvalue weighted by molar-refractivity contribution is 7.47. The summed E-state index contributed by atoms with van der Waals surface area (Å²) >= 11 is 0. The Labute approximate surface area is 313 Å². The average molecular weight is 744 g/mol. The highest BCUT2D eigenvalue weighted by atomic mass is 31.2. The van der Waals surface area contributed by atoms with Gasteiger partial charge in [0.25, 0.3) is 0 Å². The van der Waals surface area contributed by atoms with Gasteiger partial charge < -0.3 is 19.3 Å². The molecule has 2 atom stereocenters. The highest BCUT2D eigenvalue weighted by Crippen LogP contribution is 2.43. The Morgan fingerprint density at radius 2 is 1.00 bits per heavy atom. The Morgan fingerprint density at radius 3 is 1.47 bits per heavy atom. The maximum atomic E-state index is 12.6. The van der Waals surface area contributed by atoms with E-state index in [-0.39, 0.29) is 32.0 Å². The van der Waals surface area contributed by atoms with Crippen LogP contribution in [0.3, 0.4) is 0 Å². The number of phosphoric acid groups is 1. The van der Waals surface area contributed by atoms with Gasteiger partial charge in [0.2, 0.25) is 0 Å². The zero-order valence-electron chi connectivity index (χ0n) is 33.3. The summed E-state index contributed by atoms with van der Waals surface area (Å²) in [6.07, 6.45) is 36.4. The Balaban J connectivity index is 4.35. The molecule has 300 valence electrons. The summed E-state index contributed by atoms with van der Waals surface area (Å²) in [5, 5.41) is 0. The van der Waals surface area contributed by atoms with E-state index < -0.39 is 26.5 Å². The minimum atomic E-state index is -4.36. The second-order valence-electron chi connectivity index (χ2n) is 14.2. The molecular weight excluding hydrogens is 665 g/mol. The lowest BCUT2D eigenvalue weighted by molar-refractivity contribution is -0.161. The number of likely N-dealkylation sites (N-methyl/N-ethyl adjacent to an activating group) is 1. The topological polar surface area (TPSA) is 112 Å². The number of rotatable bonds is 38. The molecule has 0 aromatic heterocycles. The lowest BCUT2D eigenvalue weighted by atomic mass is 10.1. The number of carbonyl (C=O) groups is 2. The van der Waals surface area contributed by atoms with Crippen molar-refractivity contribution >= 4 is 19.8 Å². The van der Waals surface area contributed by atoms with Crippen LogP contribution in [0.1, 0.15) is 181 Å². The van der Waals surface area contributed by atoms with Gasteiger partial charge in [0.15, 0.2) is 6.10 Å². The van der Waals surface area contributed by atoms with E-state index in [0.717, 1.165) is 70.6 Å². The third-order valence-corrected chi connectivity index (χ3v) is 9.71. The van der Waals surface area contributed by atoms with Crippen LogP contribution in [0, 0.1) is 0 Å². The Morgan fingerprint density at radius 1 is 0.588 bits per heavy atom. The maximum Gasteiger partial charge on any atom is 0.472 e. The average Bonchev–Trinajstić information content (AvgIpc) is 3.09. The second kappa shape index (κ2) is 36.8. The van der Waals surface area contributed by atoms with Crippen molar-refractivity contribution in [2.45, 2.75) is 187 Å². The minimum absolute atomic E-state index is 0.00548. The number of carbonyl (C=O) groups excluding carboxylic acids is 2. The van der Waals surface area contributed by atoms with Crippen LogP contribution in [0.4, 0.5) is 0 Å². The molecular formula is C41H78NO8P. The van der Waals surface area contributed by atoms with E-state index in [4.69, 9.17) is 18.5 Å². The number of hydrogen-bond donors (Lipinski definition) is 1. The summed E-state index contributed by atoms with van der Waals surface area (Å²) < 4.78 is 33.4. The summed E-state index contributed by atoms with van der Waals surface area (Å²) in [7, 11) is -0.715. The van der Waals surface area contributed by atoms with E-state index in [1.165, 1.54) is 77.0 Å². The van der Waals surface area contributed by atoms with Gasteiger partial charge in [-0.15, -0.1) is 0 Å². The molecule has 0 aliphatic heterocycles. The van der Waals surface area contributed by atoms with Crippen molar-refractivity contribution in [1.29, 1.82) is 0 Å². The van der Waals surface area contributed by atoms with Gasteiger partial charge in [0.1, 0.15) is 6.61 Å². The molecule has 0 aromatic rings. The molecule has 10 heteroatoms. The first kappa shape index (κ1) is 49.5. The van der Waals surface area contributed by atoms with Crippen molar-refractivity contribution in [1.82, 2.24) is 4.90 Å². The van der Waals surface area contributed by atoms with Gasteiger partial charge in [0, 0.05) is 19.4 Å². The quantitative estimate of drug-likeness (QED) is 0.0286. The largest absolute Gasteiger partial charge is 0.472 e. The smallest absolute Gasteiger partial charge is 0.462 e. The molecule has 0 aromatic carbocycles. The molecule has 0 radical (unpaired) electrons. The van der Waals surface area contributed by atoms with E-state index in [1.807, 2.05) is 19.0 Å². The van der Waals surface area contributed by atoms with E-state index in [9.17, 15) is 19.0 Å². The SMILES string of the molecule is CCCCCC/C=C\CCCCCCCC(=O)OCC(COP(=O)(O)OCCN(C)C)OC(=O)CCCCCCC/C=C\CCCCCCCC. The van der Waals surface area contributed by atoms with Crippen molar-refractivity contribution in [3.63, 3.8) is 0 Å². The summed E-state index contributed by atoms with van der Waals surface area (Å²) in [4.78, 5) is 36.9. The van der Waals surface area contributed by atoms with Crippen molar-refractivity contribution in [3.8, 4) is 0 Å². The molecule has 0 saturated carbocycles. The van der Waals surface area contributed by atoms with Crippen LogP contribution in [0.5, 0.6) is 0 Å². The molecule has 51 heavy (non-hydrogen) atoms. The predicted octanol–water partition coefficient (Wildman–Crippen LogP) is 11.4. The third-order valence-electron chi connectivity index (χ3n) is 8.73. The number of ether oxygens (including phenoxy) is 2. The van der Waals surface area contributed by atoms with Crippen molar-refractivity contribution < 1.29 is 37.6 Å². The fourth-order valence-corrected chi connectivity index (χ4v) is 6.24. The first-order valence-electron chi connectivity index (χ1n) is 20.6. The van der Waals surface area contributed by atoms with Gasteiger partial charge in [-0.25, -0.2) is 4.57 Å². The Hall–Kier alpha value is -1.51. The van der Waals surface area contributed by atoms with Crippen LogP contribution in [0.2, 0.25) is 0 Å². The number of nitrogens with zero attached hydrogens (tertiary/aromatic N) is 1. The lowest BCUT2D eigenvalue weighted by Gasteiger charge is -2.20. The number of allylic oxidation sites excluding steroid dienone is 4. The molecule has 0 amide bonds. The van der Waals surface area contributed by atoms with E-state index in [1.54, 1.807) is 0 Å². The summed E-state index contributed by atoms with van der Waals surface area (Å²) in [5.74, 6) is -0.821. The number of hydrogen-bond acceptors (Lipinski definition) is 8. The first-order chi connectivity index (χ1) is 24.7. The fraction of sp³-hybridized carbons (Fsp3) is 0.854. The molecule has 1 N–H and O–H groups in total. The van der Waals surface area contributed by atoms with E-state index >= 15 is 0 Å². The van der Waals surface area contributed by atoms with Crippen LogP contribution < -0.4 is 0 Å². The summed E-state index contributed by atoms with van der Waals surface area (Å²) in [5.41, 5.74) is 0. The molecule has 0 aliphatic carbocycles. The zero-order chi connectivity index (χ0) is 37.7. The predicted molar refractivity (Wildman–Crippen MR) is 211 cm³/mol. The number of phosphoric ester groups is 1. The molecule has 0 saturated heterocycles. The molecule has 0 rings (SSSR count). The van der Waals surface area contributed by atoms with Crippen LogP contribution in [-0.2, 0) is 32.7 Å². The van der Waals surface area contributed by atoms with Gasteiger partial charge >= 0.3 is 19.8 Å². The molecule has 0 bridgehead atoms. The monoisotopic (exact) mass is 744 g/mol. The first-order valence-corrected chi connectivity index (χ1v) is 22.1. The molecule has 0 spiro atoms. The van der Waals surface area contributed by atoms with Crippen molar-refractivity contribution in [2.24, 2.45) is 0 Å². The second-order valence-corrected chi connectivity index (χ2v) is 15.6. The van der Waals surface area contributed by atoms with Crippen LogP contribution >= 0.6 is 7.82 Å². The number of unbranched alkanes of at least 4 members (excludes halogenated alkanes) is 20. The van der Waals surface area contributed by atoms with Crippen molar-refractivity contribution in [2.75, 3.05) is 40.5 Å². The van der Waals surface area contributed by atoms with Gasteiger partial charge in [0.05, 0.1) is 13.2 Å². The molecule has 0 aliphatic rings. The minimum Gasteiger partial charge on any atom is -0.462 e. The van der Waals surface area contributed by atoms with E-state index in [2.05, 4.69) is 38.2 Å². The Bertz CT molecular complexity index is 910. The Kier molecular flexibility index (Phi) is 35.7. The molecule has 9 nitrogen and oxygen atoms in total. The lowest BCUT2D eigenvalue weighted by Crippen LogP contribution is -2.29. The standard InChI is InChI=1S/C41H78NO8P/c1-5-7-9-11-13-15-17-19-20-22-24-26-28-30-32-34-41(44)50-39(38-49-51(45,46)48-36-35-42(3)4)37-47-40(43)33-31-29-27-25-23-21-18-16-14-12-10-8-6-2/h16,18-20,39H,5-15,17,21-38H2,1-4H3,(H,45,46)/b18-16-,20-19-. The van der Waals surface area contributed by atoms with Crippen LogP contribution in [0.25, 0.3) is 0 Å². The third kappa shape index (κ3) is 38.0. The number of esters is 2.